The number of nitrogens with zero attached hydrogens (tertiary/aromatic N) is 2. The first-order valence-electron chi connectivity index (χ1n) is 7.02. The molecule has 0 atom stereocenters. The molecule has 1 aromatic carbocycles. The second kappa shape index (κ2) is 7.27. The number of nitrogens with one attached hydrogen (secondary N) is 1. The average molecular weight is 308 g/mol. The van der Waals surface area contributed by atoms with Gasteiger partial charge in [0.1, 0.15) is 11.6 Å². The Hall–Kier alpha value is -1.81. The van der Waals surface area contributed by atoms with E-state index < -0.39 is 0 Å². The maximum atomic E-state index is 13.0. The minimum Gasteiger partial charge on any atom is -0.380 e. The van der Waals surface area contributed by atoms with Crippen molar-refractivity contribution < 1.29 is 4.39 Å². The van der Waals surface area contributed by atoms with Crippen LogP contribution in [-0.2, 0) is 6.54 Å². The highest BCUT2D eigenvalue weighted by Crippen LogP contribution is 2.19. The van der Waals surface area contributed by atoms with Crippen LogP contribution < -0.4 is 10.2 Å². The summed E-state index contributed by atoms with van der Waals surface area (Å²) in [6.07, 6.45) is 1.80. The van der Waals surface area contributed by atoms with Gasteiger partial charge in [-0.3, -0.25) is 0 Å². The quantitative estimate of drug-likeness (QED) is 0.861. The summed E-state index contributed by atoms with van der Waals surface area (Å²) in [6.45, 7) is 6.61. The van der Waals surface area contributed by atoms with Crippen molar-refractivity contribution in [2.75, 3.05) is 23.3 Å². The molecule has 0 aliphatic rings. The summed E-state index contributed by atoms with van der Waals surface area (Å²) in [6, 6.07) is 8.38. The second-order valence-electron chi connectivity index (χ2n) is 4.67. The predicted octanol–water partition coefficient (Wildman–Crippen LogP) is 4.33. The maximum absolute atomic E-state index is 13.0. The molecule has 1 aromatic heterocycles. The average Bonchev–Trinajstić information content (AvgIpc) is 2.49. The number of pyridine rings is 1. The largest absolute Gasteiger partial charge is 0.380 e. The number of anilines is 2. The third kappa shape index (κ3) is 4.08. The Balaban J connectivity index is 2.00. The molecule has 0 amide bonds. The zero-order chi connectivity index (χ0) is 15.2. The van der Waals surface area contributed by atoms with E-state index in [0.29, 0.717) is 11.6 Å². The zero-order valence-electron chi connectivity index (χ0n) is 12.2. The van der Waals surface area contributed by atoms with Crippen molar-refractivity contribution in [1.29, 1.82) is 0 Å². The first kappa shape index (κ1) is 15.6. The van der Waals surface area contributed by atoms with Crippen molar-refractivity contribution in [3.05, 3.63) is 52.9 Å². The molecule has 2 rings (SSSR count). The molecule has 0 spiro atoms. The van der Waals surface area contributed by atoms with Crippen LogP contribution in [0.4, 0.5) is 15.9 Å². The Labute approximate surface area is 129 Å². The molecule has 112 valence electrons. The van der Waals surface area contributed by atoms with Crippen molar-refractivity contribution in [2.45, 2.75) is 20.4 Å². The molecule has 0 saturated heterocycles. The van der Waals surface area contributed by atoms with Gasteiger partial charge in [0.25, 0.3) is 0 Å². The van der Waals surface area contributed by atoms with Crippen molar-refractivity contribution in [1.82, 2.24) is 4.98 Å². The lowest BCUT2D eigenvalue weighted by Gasteiger charge is -2.19. The first-order valence-corrected chi connectivity index (χ1v) is 7.40. The van der Waals surface area contributed by atoms with Crippen LogP contribution in [0.2, 0.25) is 5.02 Å². The van der Waals surface area contributed by atoms with Crippen LogP contribution in [0.1, 0.15) is 19.4 Å². The summed E-state index contributed by atoms with van der Waals surface area (Å²) in [7, 11) is 0. The molecule has 5 heteroatoms. The lowest BCUT2D eigenvalue weighted by Crippen LogP contribution is -2.22. The Morgan fingerprint density at radius 1 is 1.19 bits per heavy atom. The number of hydrogen-bond acceptors (Lipinski definition) is 3. The van der Waals surface area contributed by atoms with E-state index in [9.17, 15) is 4.39 Å². The van der Waals surface area contributed by atoms with Crippen molar-refractivity contribution >= 4 is 23.1 Å². The number of hydrogen-bond donors (Lipinski definition) is 1. The summed E-state index contributed by atoms with van der Waals surface area (Å²) in [5, 5.41) is 3.66. The number of aromatic nitrogens is 1. The van der Waals surface area contributed by atoms with Gasteiger partial charge in [-0.25, -0.2) is 9.37 Å². The van der Waals surface area contributed by atoms with Gasteiger partial charge in [0, 0.05) is 24.7 Å². The van der Waals surface area contributed by atoms with Gasteiger partial charge in [-0.2, -0.15) is 0 Å². The highest BCUT2D eigenvalue weighted by Gasteiger charge is 2.04. The predicted molar refractivity (Wildman–Crippen MR) is 86.5 cm³/mol. The maximum Gasteiger partial charge on any atom is 0.128 e. The van der Waals surface area contributed by atoms with Gasteiger partial charge in [-0.05, 0) is 43.7 Å². The molecular formula is C16H19ClFN3. The summed E-state index contributed by atoms with van der Waals surface area (Å²) < 4.78 is 13.0. The van der Waals surface area contributed by atoms with Crippen molar-refractivity contribution in [3.63, 3.8) is 0 Å². The van der Waals surface area contributed by atoms with E-state index in [1.165, 1.54) is 12.1 Å². The monoisotopic (exact) mass is 307 g/mol. The van der Waals surface area contributed by atoms with E-state index in [2.05, 4.69) is 29.0 Å². The SMILES string of the molecule is CCN(CC)c1ccc(NCc2ccc(F)cc2Cl)cn1. The van der Waals surface area contributed by atoms with Crippen LogP contribution in [0.15, 0.2) is 36.5 Å². The van der Waals surface area contributed by atoms with Crippen LogP contribution in [0.5, 0.6) is 0 Å². The van der Waals surface area contributed by atoms with Crippen LogP contribution in [-0.4, -0.2) is 18.1 Å². The molecule has 0 fully saturated rings. The molecule has 3 nitrogen and oxygen atoms in total. The Morgan fingerprint density at radius 3 is 2.52 bits per heavy atom. The molecule has 21 heavy (non-hydrogen) atoms. The number of halogens is 2. The third-order valence-corrected chi connectivity index (χ3v) is 3.69. The van der Waals surface area contributed by atoms with Crippen LogP contribution in [0, 0.1) is 5.82 Å². The van der Waals surface area contributed by atoms with E-state index in [1.54, 1.807) is 12.3 Å². The van der Waals surface area contributed by atoms with Gasteiger partial charge in [0.2, 0.25) is 0 Å². The lowest BCUT2D eigenvalue weighted by atomic mass is 10.2. The van der Waals surface area contributed by atoms with Crippen molar-refractivity contribution in [2.24, 2.45) is 0 Å². The minimum absolute atomic E-state index is 0.325. The standard InChI is InChI=1S/C16H19ClFN3/c1-3-21(4-2)16-8-7-14(11-20-16)19-10-12-5-6-13(18)9-15(12)17/h5-9,11,19H,3-4,10H2,1-2H3. The van der Waals surface area contributed by atoms with Gasteiger partial charge in [0.15, 0.2) is 0 Å². The Kier molecular flexibility index (Phi) is 5.39. The smallest absolute Gasteiger partial charge is 0.128 e. The van der Waals surface area contributed by atoms with Gasteiger partial charge in [-0.1, -0.05) is 17.7 Å². The van der Waals surface area contributed by atoms with Crippen LogP contribution in [0.3, 0.4) is 0 Å². The topological polar surface area (TPSA) is 28.2 Å². The molecule has 0 saturated carbocycles. The fourth-order valence-electron chi connectivity index (χ4n) is 2.09. The lowest BCUT2D eigenvalue weighted by molar-refractivity contribution is 0.627. The molecule has 0 bridgehead atoms. The van der Waals surface area contributed by atoms with E-state index in [0.717, 1.165) is 30.2 Å². The summed E-state index contributed by atoms with van der Waals surface area (Å²) in [4.78, 5) is 6.62. The fraction of sp³-hybridized carbons (Fsp3) is 0.312. The first-order chi connectivity index (χ1) is 10.1. The summed E-state index contributed by atoms with van der Waals surface area (Å²) in [5.74, 6) is 0.638. The van der Waals surface area contributed by atoms with Crippen LogP contribution >= 0.6 is 11.6 Å². The molecule has 1 heterocycles. The highest BCUT2D eigenvalue weighted by atomic mass is 35.5. The van der Waals surface area contributed by atoms with E-state index in [4.69, 9.17) is 11.6 Å². The molecule has 0 aliphatic heterocycles. The normalized spacial score (nSPS) is 10.5. The fourth-order valence-corrected chi connectivity index (χ4v) is 2.32. The number of rotatable bonds is 6. The highest BCUT2D eigenvalue weighted by molar-refractivity contribution is 6.31. The van der Waals surface area contributed by atoms with Gasteiger partial charge in [-0.15, -0.1) is 0 Å². The van der Waals surface area contributed by atoms with Crippen molar-refractivity contribution in [3.8, 4) is 0 Å². The minimum atomic E-state index is -0.325. The number of benzene rings is 1. The van der Waals surface area contributed by atoms with Gasteiger partial charge < -0.3 is 10.2 Å². The van der Waals surface area contributed by atoms with Gasteiger partial charge >= 0.3 is 0 Å². The second-order valence-corrected chi connectivity index (χ2v) is 5.07. The Bertz CT molecular complexity index is 583. The molecule has 0 unspecified atom stereocenters. The molecule has 2 aromatic rings. The molecule has 1 N–H and O–H groups in total. The third-order valence-electron chi connectivity index (χ3n) is 3.33. The summed E-state index contributed by atoms with van der Waals surface area (Å²) >= 11 is 6.00. The molecule has 0 radical (unpaired) electrons. The van der Waals surface area contributed by atoms with Crippen LogP contribution in [0.25, 0.3) is 0 Å². The summed E-state index contributed by atoms with van der Waals surface area (Å²) in [5.41, 5.74) is 1.76. The van der Waals surface area contributed by atoms with E-state index in [1.807, 2.05) is 12.1 Å². The Morgan fingerprint density at radius 2 is 1.95 bits per heavy atom. The van der Waals surface area contributed by atoms with Gasteiger partial charge in [0.05, 0.1) is 11.9 Å². The van der Waals surface area contributed by atoms with E-state index in [-0.39, 0.29) is 5.82 Å². The zero-order valence-corrected chi connectivity index (χ0v) is 13.0. The molecule has 0 aliphatic carbocycles. The molecular weight excluding hydrogens is 289 g/mol. The van der Waals surface area contributed by atoms with E-state index >= 15 is 0 Å².